The quantitative estimate of drug-likeness (QED) is 0.297. The second kappa shape index (κ2) is 10.5. The number of hydrogen-bond donors (Lipinski definition) is 3. The summed E-state index contributed by atoms with van der Waals surface area (Å²) in [4.78, 5) is 38.1. The molecule has 2 heterocycles. The Kier molecular flexibility index (Phi) is 6.95. The first-order chi connectivity index (χ1) is 18.4. The molecule has 3 aromatic carbocycles. The molecular formula is C26H20ClN3O7S. The van der Waals surface area contributed by atoms with Gasteiger partial charge in [-0.25, -0.2) is 0 Å². The minimum absolute atomic E-state index is 0.134. The lowest BCUT2D eigenvalue weighted by molar-refractivity contribution is 0.0849. The number of fused-ring (bicyclic) bond motifs is 2. The number of rotatable bonds is 6. The molecule has 1 aromatic heterocycles. The molecule has 10 nitrogen and oxygen atoms in total. The molecule has 3 N–H and O–H groups in total. The Morgan fingerprint density at radius 3 is 2.18 bits per heavy atom. The monoisotopic (exact) mass is 553 g/mol. The maximum absolute atomic E-state index is 12.7. The summed E-state index contributed by atoms with van der Waals surface area (Å²) in [6.45, 7) is 0.134. The molecule has 0 saturated heterocycles. The lowest BCUT2D eigenvalue weighted by atomic mass is 10.1. The normalized spacial score (nSPS) is 11.7. The topological polar surface area (TPSA) is 124 Å². The van der Waals surface area contributed by atoms with E-state index in [0.717, 1.165) is 4.70 Å². The zero-order valence-electron chi connectivity index (χ0n) is 20.0. The third-order valence-corrected chi connectivity index (χ3v) is 7.33. The number of amides is 3. The van der Waals surface area contributed by atoms with Gasteiger partial charge in [0.05, 0.1) is 19.2 Å². The van der Waals surface area contributed by atoms with Crippen LogP contribution in [-0.4, -0.2) is 38.7 Å². The van der Waals surface area contributed by atoms with Gasteiger partial charge in [-0.15, -0.1) is 11.3 Å². The Labute approximate surface area is 225 Å². The largest absolute Gasteiger partial charge is 0.493 e. The Morgan fingerprint density at radius 2 is 1.47 bits per heavy atom. The van der Waals surface area contributed by atoms with Crippen LogP contribution in [0.25, 0.3) is 10.1 Å². The Morgan fingerprint density at radius 1 is 0.816 bits per heavy atom. The van der Waals surface area contributed by atoms with Crippen molar-refractivity contribution >= 4 is 56.4 Å². The van der Waals surface area contributed by atoms with Crippen LogP contribution in [0.1, 0.15) is 30.4 Å². The number of ether oxygens (including phenoxy) is 4. The molecule has 0 bridgehead atoms. The van der Waals surface area contributed by atoms with Gasteiger partial charge >= 0.3 is 0 Å². The van der Waals surface area contributed by atoms with Crippen molar-refractivity contribution in [1.29, 1.82) is 0 Å². The van der Waals surface area contributed by atoms with Gasteiger partial charge < -0.3 is 24.3 Å². The van der Waals surface area contributed by atoms with Gasteiger partial charge in [0, 0.05) is 33.0 Å². The SMILES string of the molecule is COc1ccc(C(=O)Nc2ccc(C(=O)NNC(=O)c3sc4cc5c(cc4c3Cl)OCO5)cc2)cc1OC. The first-order valence-corrected chi connectivity index (χ1v) is 12.3. The molecule has 1 aliphatic heterocycles. The van der Waals surface area contributed by atoms with E-state index >= 15 is 0 Å². The zero-order chi connectivity index (χ0) is 26.8. The van der Waals surface area contributed by atoms with E-state index in [2.05, 4.69) is 16.2 Å². The number of hydrogen-bond acceptors (Lipinski definition) is 8. The molecule has 4 aromatic rings. The van der Waals surface area contributed by atoms with Crippen LogP contribution < -0.4 is 35.1 Å². The third kappa shape index (κ3) is 4.89. The molecule has 0 atom stereocenters. The summed E-state index contributed by atoms with van der Waals surface area (Å²) in [6, 6.07) is 14.5. The van der Waals surface area contributed by atoms with Crippen molar-refractivity contribution in [2.24, 2.45) is 0 Å². The third-order valence-electron chi connectivity index (χ3n) is 5.67. The number of carbonyl (C=O) groups excluding carboxylic acids is 3. The smallest absolute Gasteiger partial charge is 0.281 e. The van der Waals surface area contributed by atoms with Crippen molar-refractivity contribution < 1.29 is 33.3 Å². The van der Waals surface area contributed by atoms with Crippen LogP contribution in [-0.2, 0) is 0 Å². The highest BCUT2D eigenvalue weighted by molar-refractivity contribution is 7.21. The van der Waals surface area contributed by atoms with Gasteiger partial charge in [-0.1, -0.05) is 11.6 Å². The van der Waals surface area contributed by atoms with E-state index in [4.69, 9.17) is 30.5 Å². The summed E-state index contributed by atoms with van der Waals surface area (Å²) < 4.78 is 21.9. The number of benzene rings is 3. The summed E-state index contributed by atoms with van der Waals surface area (Å²) in [5.41, 5.74) is 5.86. The molecule has 0 aliphatic carbocycles. The average molecular weight is 554 g/mol. The van der Waals surface area contributed by atoms with Crippen molar-refractivity contribution in [2.45, 2.75) is 0 Å². The van der Waals surface area contributed by atoms with Crippen molar-refractivity contribution in [2.75, 3.05) is 26.3 Å². The minimum atomic E-state index is -0.564. The van der Waals surface area contributed by atoms with Gasteiger partial charge in [-0.3, -0.25) is 25.2 Å². The van der Waals surface area contributed by atoms with E-state index in [1.54, 1.807) is 42.5 Å². The fraction of sp³-hybridized carbons (Fsp3) is 0.115. The summed E-state index contributed by atoms with van der Waals surface area (Å²) in [5.74, 6) is 0.602. The highest BCUT2D eigenvalue weighted by Crippen LogP contribution is 2.43. The lowest BCUT2D eigenvalue weighted by Crippen LogP contribution is -2.41. The maximum Gasteiger partial charge on any atom is 0.281 e. The average Bonchev–Trinajstić information content (AvgIpc) is 3.53. The Balaban J connectivity index is 1.20. The van der Waals surface area contributed by atoms with Gasteiger partial charge in [0.1, 0.15) is 4.88 Å². The second-order valence-electron chi connectivity index (χ2n) is 7.96. The Bertz CT molecular complexity index is 1570. The fourth-order valence-corrected chi connectivity index (χ4v) is 5.14. The molecule has 1 aliphatic rings. The van der Waals surface area contributed by atoms with Crippen LogP contribution in [0.4, 0.5) is 5.69 Å². The van der Waals surface area contributed by atoms with E-state index in [1.165, 1.54) is 37.7 Å². The van der Waals surface area contributed by atoms with Gasteiger partial charge in [0.15, 0.2) is 23.0 Å². The van der Waals surface area contributed by atoms with E-state index in [1.807, 2.05) is 0 Å². The summed E-state index contributed by atoms with van der Waals surface area (Å²) >= 11 is 7.58. The minimum Gasteiger partial charge on any atom is -0.493 e. The molecular weight excluding hydrogens is 534 g/mol. The number of halogens is 1. The molecule has 3 amide bonds. The van der Waals surface area contributed by atoms with Crippen LogP contribution in [0.5, 0.6) is 23.0 Å². The zero-order valence-corrected chi connectivity index (χ0v) is 21.6. The fourth-order valence-electron chi connectivity index (χ4n) is 3.73. The predicted octanol–water partition coefficient (Wildman–Crippen LogP) is 4.63. The summed E-state index contributed by atoms with van der Waals surface area (Å²) in [5, 5.41) is 3.66. The van der Waals surface area contributed by atoms with Crippen LogP contribution in [0.3, 0.4) is 0 Å². The van der Waals surface area contributed by atoms with E-state index < -0.39 is 11.8 Å². The number of anilines is 1. The lowest BCUT2D eigenvalue weighted by Gasteiger charge is -2.10. The number of nitrogens with one attached hydrogen (secondary N) is 3. The maximum atomic E-state index is 12.7. The van der Waals surface area contributed by atoms with Crippen molar-refractivity contribution in [3.05, 3.63) is 75.6 Å². The predicted molar refractivity (Wildman–Crippen MR) is 142 cm³/mol. The molecule has 38 heavy (non-hydrogen) atoms. The molecule has 0 unspecified atom stereocenters. The first kappa shape index (κ1) is 25.2. The summed E-state index contributed by atoms with van der Waals surface area (Å²) in [7, 11) is 2.99. The van der Waals surface area contributed by atoms with Crippen LogP contribution >= 0.6 is 22.9 Å². The summed E-state index contributed by atoms with van der Waals surface area (Å²) in [6.07, 6.45) is 0. The van der Waals surface area contributed by atoms with Crippen LogP contribution in [0.15, 0.2) is 54.6 Å². The molecule has 194 valence electrons. The number of thiophene rings is 1. The number of carbonyl (C=O) groups is 3. The highest BCUT2D eigenvalue weighted by atomic mass is 35.5. The Hall–Kier alpha value is -4.48. The van der Waals surface area contributed by atoms with Gasteiger partial charge in [-0.2, -0.15) is 0 Å². The second-order valence-corrected chi connectivity index (χ2v) is 9.39. The van der Waals surface area contributed by atoms with Crippen LogP contribution in [0.2, 0.25) is 5.02 Å². The molecule has 0 saturated carbocycles. The van der Waals surface area contributed by atoms with Gasteiger partial charge in [0.25, 0.3) is 17.7 Å². The van der Waals surface area contributed by atoms with Crippen LogP contribution in [0, 0.1) is 0 Å². The molecule has 0 radical (unpaired) electrons. The van der Waals surface area contributed by atoms with E-state index in [9.17, 15) is 14.4 Å². The highest BCUT2D eigenvalue weighted by Gasteiger charge is 2.22. The first-order valence-electron chi connectivity index (χ1n) is 11.1. The molecule has 5 rings (SSSR count). The van der Waals surface area contributed by atoms with Crippen molar-refractivity contribution in [3.8, 4) is 23.0 Å². The number of methoxy groups -OCH3 is 2. The standard InChI is InChI=1S/C26H20ClN3O7S/c1-34-17-8-5-14(9-18(17)35-2)24(31)28-15-6-3-13(4-7-15)25(32)29-30-26(33)23-22(27)16-10-19-20(37-12-36-19)11-21(16)38-23/h3-11H,12H2,1-2H3,(H,28,31)(H,29,32)(H,30,33). The molecule has 0 spiro atoms. The van der Waals surface area contributed by atoms with Gasteiger partial charge in [-0.05, 0) is 48.5 Å². The molecule has 0 fully saturated rings. The van der Waals surface area contributed by atoms with E-state index in [-0.39, 0.29) is 28.2 Å². The number of hydrazine groups is 1. The van der Waals surface area contributed by atoms with Gasteiger partial charge in [0.2, 0.25) is 6.79 Å². The van der Waals surface area contributed by atoms with Crippen molar-refractivity contribution in [1.82, 2.24) is 10.9 Å². The molecule has 12 heteroatoms. The van der Waals surface area contributed by atoms with E-state index in [0.29, 0.717) is 39.6 Å². The van der Waals surface area contributed by atoms with Crippen molar-refractivity contribution in [3.63, 3.8) is 0 Å².